The van der Waals surface area contributed by atoms with Crippen LogP contribution in [0.2, 0.25) is 0 Å². The van der Waals surface area contributed by atoms with Crippen molar-refractivity contribution >= 4 is 47.6 Å². The Labute approximate surface area is 134 Å². The molecule has 1 heterocycles. The Morgan fingerprint density at radius 3 is 2.33 bits per heavy atom. The third kappa shape index (κ3) is 5.28. The van der Waals surface area contributed by atoms with Crippen LogP contribution in [0.4, 0.5) is 4.39 Å². The molecule has 21 heavy (non-hydrogen) atoms. The standard InChI is InChI=1S/C8H7ClFN3O2SSe.C3H9N/c1-4(9)11-16(14,15)6-3-2-5(10)7-8(6)13-17-12-7;1-4(2)3/h2-4,11H,1H3;1-3H3. The Balaban J connectivity index is 0.000000491. The van der Waals surface area contributed by atoms with Crippen LogP contribution in [0.25, 0.3) is 11.0 Å². The summed E-state index contributed by atoms with van der Waals surface area (Å²) in [5.74, 6) is -0.569. The van der Waals surface area contributed by atoms with Crippen molar-refractivity contribution in [3.63, 3.8) is 0 Å². The van der Waals surface area contributed by atoms with Crippen LogP contribution >= 0.6 is 11.6 Å². The molecule has 0 bridgehead atoms. The number of hydrogen-bond donors (Lipinski definition) is 1. The van der Waals surface area contributed by atoms with Gasteiger partial charge in [-0.3, -0.25) is 0 Å². The van der Waals surface area contributed by atoms with Crippen LogP contribution in [-0.4, -0.2) is 62.9 Å². The maximum absolute atomic E-state index is 13.3. The molecule has 1 aromatic heterocycles. The van der Waals surface area contributed by atoms with Gasteiger partial charge in [-0.1, -0.05) is 0 Å². The molecule has 10 heteroatoms. The minimum Gasteiger partial charge on any atom is -0.312 e. The third-order valence-electron chi connectivity index (χ3n) is 1.94. The minimum atomic E-state index is -3.79. The number of nitrogens with zero attached hydrogens (tertiary/aromatic N) is 3. The van der Waals surface area contributed by atoms with Gasteiger partial charge in [0.05, 0.1) is 0 Å². The van der Waals surface area contributed by atoms with E-state index in [9.17, 15) is 12.8 Å². The van der Waals surface area contributed by atoms with E-state index in [-0.39, 0.29) is 15.9 Å². The van der Waals surface area contributed by atoms with Crippen molar-refractivity contribution in [3.05, 3.63) is 17.9 Å². The number of benzene rings is 1. The molecular formula is C11H16ClFN4O2SSe. The normalized spacial score (nSPS) is 13.1. The Bertz CT molecular complexity index is 703. The molecular weight excluding hydrogens is 386 g/mol. The quantitative estimate of drug-likeness (QED) is 0.469. The van der Waals surface area contributed by atoms with Crippen LogP contribution < -0.4 is 4.72 Å². The molecule has 0 spiro atoms. The first-order valence-electron chi connectivity index (χ1n) is 5.83. The SMILES string of the molecule is CC(Cl)NS(=O)(=O)c1ccc(F)c2n[se]nc12.CN(C)C. The second kappa shape index (κ2) is 7.62. The molecule has 0 aliphatic carbocycles. The van der Waals surface area contributed by atoms with Crippen molar-refractivity contribution in [2.75, 3.05) is 21.1 Å². The van der Waals surface area contributed by atoms with Crippen LogP contribution in [0, 0.1) is 5.82 Å². The third-order valence-corrected chi connectivity index (χ3v) is 4.86. The predicted molar refractivity (Wildman–Crippen MR) is 81.7 cm³/mol. The summed E-state index contributed by atoms with van der Waals surface area (Å²) in [6, 6.07) is 2.23. The molecule has 118 valence electrons. The zero-order valence-corrected chi connectivity index (χ0v) is 15.2. The van der Waals surface area contributed by atoms with E-state index in [0.29, 0.717) is 0 Å². The molecule has 0 saturated carbocycles. The molecule has 1 atom stereocenters. The summed E-state index contributed by atoms with van der Waals surface area (Å²) < 4.78 is 47.1. The fourth-order valence-electron chi connectivity index (χ4n) is 1.31. The second-order valence-corrected chi connectivity index (χ2v) is 8.03. The first kappa shape index (κ1) is 18.5. The molecule has 0 aliphatic heterocycles. The van der Waals surface area contributed by atoms with Crippen LogP contribution in [0.15, 0.2) is 17.0 Å². The molecule has 6 nitrogen and oxygen atoms in total. The molecule has 1 aromatic carbocycles. The van der Waals surface area contributed by atoms with E-state index in [4.69, 9.17) is 11.6 Å². The number of sulfonamides is 1. The summed E-state index contributed by atoms with van der Waals surface area (Å²) in [5.41, 5.74) is -0.672. The average molecular weight is 402 g/mol. The van der Waals surface area contributed by atoms with Gasteiger partial charge in [0.1, 0.15) is 0 Å². The van der Waals surface area contributed by atoms with E-state index in [2.05, 4.69) is 12.7 Å². The fraction of sp³-hybridized carbons (Fsp3) is 0.455. The minimum absolute atomic E-state index is 0.00935. The van der Waals surface area contributed by atoms with E-state index >= 15 is 0 Å². The summed E-state index contributed by atoms with van der Waals surface area (Å²) in [6.07, 6.45) is 0. The van der Waals surface area contributed by atoms with E-state index in [0.717, 1.165) is 12.1 Å². The number of rotatable bonds is 3. The van der Waals surface area contributed by atoms with Crippen molar-refractivity contribution in [1.82, 2.24) is 17.6 Å². The zero-order valence-electron chi connectivity index (χ0n) is 12.0. The summed E-state index contributed by atoms with van der Waals surface area (Å²) in [5, 5.41) is 0. The average Bonchev–Trinajstić information content (AvgIpc) is 2.75. The molecule has 0 amide bonds. The smallest absolute Gasteiger partial charge is 0.0140 e. The number of alkyl halides is 1. The summed E-state index contributed by atoms with van der Waals surface area (Å²) in [7, 11) is 2.21. The van der Waals surface area contributed by atoms with Gasteiger partial charge in [0.2, 0.25) is 0 Å². The van der Waals surface area contributed by atoms with Crippen molar-refractivity contribution in [3.8, 4) is 0 Å². The molecule has 2 aromatic rings. The van der Waals surface area contributed by atoms with E-state index in [1.165, 1.54) is 6.92 Å². The van der Waals surface area contributed by atoms with Crippen molar-refractivity contribution in [2.45, 2.75) is 17.3 Å². The van der Waals surface area contributed by atoms with Crippen LogP contribution in [0.1, 0.15) is 6.92 Å². The summed E-state index contributed by atoms with van der Waals surface area (Å²) in [4.78, 5) is 1.91. The predicted octanol–water partition coefficient (Wildman–Crippen LogP) is 0.867. The number of aromatic nitrogens is 2. The molecule has 0 aliphatic rings. The second-order valence-electron chi connectivity index (χ2n) is 4.59. The van der Waals surface area contributed by atoms with Gasteiger partial charge in [-0.25, -0.2) is 0 Å². The summed E-state index contributed by atoms with van der Waals surface area (Å²) >= 11 is 5.08. The van der Waals surface area contributed by atoms with Gasteiger partial charge in [0.15, 0.2) is 0 Å². The zero-order chi connectivity index (χ0) is 16.2. The largest absolute Gasteiger partial charge is 0.312 e. The Kier molecular flexibility index (Phi) is 6.70. The maximum Gasteiger partial charge on any atom is -0.0140 e. The molecule has 0 radical (unpaired) electrons. The number of fused-ring (bicyclic) bond motifs is 1. The van der Waals surface area contributed by atoms with Crippen LogP contribution in [-0.2, 0) is 10.0 Å². The van der Waals surface area contributed by atoms with Gasteiger partial charge in [-0.2, -0.15) is 0 Å². The molecule has 1 unspecified atom stereocenters. The molecule has 2 rings (SSSR count). The van der Waals surface area contributed by atoms with E-state index in [1.54, 1.807) is 0 Å². The fourth-order valence-corrected chi connectivity index (χ4v) is 4.17. The Morgan fingerprint density at radius 2 is 1.81 bits per heavy atom. The van der Waals surface area contributed by atoms with Crippen molar-refractivity contribution in [1.29, 1.82) is 0 Å². The van der Waals surface area contributed by atoms with Crippen LogP contribution in [0.5, 0.6) is 0 Å². The summed E-state index contributed by atoms with van der Waals surface area (Å²) in [6.45, 7) is 1.48. The first-order chi connectivity index (χ1) is 9.65. The number of nitrogens with one attached hydrogen (secondary N) is 1. The maximum atomic E-state index is 13.3. The van der Waals surface area contributed by atoms with Gasteiger partial charge < -0.3 is 4.90 Å². The number of halogens is 2. The number of hydrogen-bond acceptors (Lipinski definition) is 5. The topological polar surface area (TPSA) is 75.2 Å². The molecule has 1 N–H and O–H groups in total. The Morgan fingerprint density at radius 1 is 1.29 bits per heavy atom. The Hall–Kier alpha value is -0.571. The van der Waals surface area contributed by atoms with Gasteiger partial charge in [-0.15, -0.1) is 0 Å². The molecule has 0 fully saturated rings. The van der Waals surface area contributed by atoms with Crippen LogP contribution in [0.3, 0.4) is 0 Å². The van der Waals surface area contributed by atoms with Gasteiger partial charge >= 0.3 is 108 Å². The molecule has 0 saturated heterocycles. The van der Waals surface area contributed by atoms with Crippen molar-refractivity contribution in [2.24, 2.45) is 0 Å². The van der Waals surface area contributed by atoms with Gasteiger partial charge in [-0.05, 0) is 21.1 Å². The van der Waals surface area contributed by atoms with E-state index in [1.807, 2.05) is 26.0 Å². The van der Waals surface area contributed by atoms with Crippen molar-refractivity contribution < 1.29 is 12.8 Å². The van der Waals surface area contributed by atoms with Gasteiger partial charge in [0, 0.05) is 0 Å². The first-order valence-corrected chi connectivity index (χ1v) is 9.28. The van der Waals surface area contributed by atoms with Gasteiger partial charge in [0.25, 0.3) is 0 Å². The van der Waals surface area contributed by atoms with E-state index < -0.39 is 36.3 Å². The monoisotopic (exact) mass is 402 g/mol.